The molecule has 0 bridgehead atoms. The van der Waals surface area contributed by atoms with E-state index < -0.39 is 4.92 Å². The van der Waals surface area contributed by atoms with Gasteiger partial charge in [-0.2, -0.15) is 0 Å². The third-order valence-electron chi connectivity index (χ3n) is 1.54. The second-order valence-corrected chi connectivity index (χ2v) is 2.30. The first-order valence-electron chi connectivity index (χ1n) is 3.44. The molecule has 7 heteroatoms. The molecule has 0 amide bonds. The maximum Gasteiger partial charge on any atom is 4.00 e. The van der Waals surface area contributed by atoms with E-state index in [0.717, 1.165) is 0 Å². The summed E-state index contributed by atoms with van der Waals surface area (Å²) < 4.78 is 1.36. The number of rotatable bonds is 3. The van der Waals surface area contributed by atoms with Crippen molar-refractivity contribution < 1.29 is 31.7 Å². The van der Waals surface area contributed by atoms with E-state index in [-0.39, 0.29) is 40.7 Å². The first kappa shape index (κ1) is 12.3. The second kappa shape index (κ2) is 5.11. The SMILES string of the molecule is Cc1ncc([N+](=O)[O-])n1CCO.[Ti+4]. The molecule has 1 rings (SSSR count). The molecule has 13 heavy (non-hydrogen) atoms. The molecule has 1 aromatic rings. The van der Waals surface area contributed by atoms with Gasteiger partial charge in [0.25, 0.3) is 0 Å². The first-order valence-corrected chi connectivity index (χ1v) is 3.44. The van der Waals surface area contributed by atoms with Crippen molar-refractivity contribution in [1.29, 1.82) is 0 Å². The van der Waals surface area contributed by atoms with E-state index in [0.29, 0.717) is 5.82 Å². The minimum absolute atomic E-state index is 0. The number of hydrogen-bond donors (Lipinski definition) is 1. The van der Waals surface area contributed by atoms with Gasteiger partial charge in [-0.25, -0.2) is 9.55 Å². The predicted molar refractivity (Wildman–Crippen MR) is 40.7 cm³/mol. The maximum absolute atomic E-state index is 10.4. The molecule has 0 aliphatic rings. The molecule has 0 aliphatic carbocycles. The number of nitro groups is 1. The quantitative estimate of drug-likeness (QED) is 0.443. The van der Waals surface area contributed by atoms with Crippen molar-refractivity contribution in [2.24, 2.45) is 0 Å². The van der Waals surface area contributed by atoms with E-state index >= 15 is 0 Å². The van der Waals surface area contributed by atoms with E-state index in [1.54, 1.807) is 6.92 Å². The largest absolute Gasteiger partial charge is 4.00 e. The number of aliphatic hydroxyl groups is 1. The Kier molecular flexibility index (Phi) is 4.83. The number of aliphatic hydroxyl groups excluding tert-OH is 1. The molecule has 6 nitrogen and oxygen atoms in total. The van der Waals surface area contributed by atoms with Crippen LogP contribution >= 0.6 is 0 Å². The Hall–Kier alpha value is -0.716. The van der Waals surface area contributed by atoms with Crippen molar-refractivity contribution in [2.75, 3.05) is 6.61 Å². The third kappa shape index (κ3) is 2.62. The molecule has 0 unspecified atom stereocenters. The molecule has 0 radical (unpaired) electrons. The van der Waals surface area contributed by atoms with E-state index in [4.69, 9.17) is 5.11 Å². The van der Waals surface area contributed by atoms with Crippen LogP contribution in [-0.2, 0) is 28.3 Å². The van der Waals surface area contributed by atoms with Crippen molar-refractivity contribution in [2.45, 2.75) is 13.5 Å². The van der Waals surface area contributed by atoms with Crippen LogP contribution in [0.5, 0.6) is 0 Å². The Bertz CT molecular complexity index is 299. The molecular weight excluding hydrogens is 210 g/mol. The van der Waals surface area contributed by atoms with Gasteiger partial charge in [0.2, 0.25) is 0 Å². The summed E-state index contributed by atoms with van der Waals surface area (Å²) in [6.45, 7) is 1.74. The van der Waals surface area contributed by atoms with Crippen LogP contribution in [-0.4, -0.2) is 26.2 Å². The van der Waals surface area contributed by atoms with Crippen LogP contribution in [0.4, 0.5) is 5.82 Å². The summed E-state index contributed by atoms with van der Waals surface area (Å²) in [7, 11) is 0. The average molecular weight is 219 g/mol. The van der Waals surface area contributed by atoms with Gasteiger partial charge in [0.15, 0.2) is 5.82 Å². The Balaban J connectivity index is 0.00000144. The molecule has 1 aromatic heterocycles. The molecule has 0 spiro atoms. The van der Waals surface area contributed by atoms with E-state index in [2.05, 4.69) is 4.98 Å². The van der Waals surface area contributed by atoms with Gasteiger partial charge in [0.1, 0.15) is 12.7 Å². The Morgan fingerprint density at radius 3 is 2.85 bits per heavy atom. The van der Waals surface area contributed by atoms with Gasteiger partial charge < -0.3 is 15.2 Å². The smallest absolute Gasteiger partial charge is 0.392 e. The average Bonchev–Trinajstić information content (AvgIpc) is 2.34. The monoisotopic (exact) mass is 219 g/mol. The summed E-state index contributed by atoms with van der Waals surface area (Å²) in [6.07, 6.45) is 1.19. The topological polar surface area (TPSA) is 81.2 Å². The third-order valence-corrected chi connectivity index (χ3v) is 1.54. The minimum Gasteiger partial charge on any atom is -0.392 e. The van der Waals surface area contributed by atoms with E-state index in [1.165, 1.54) is 10.8 Å². The fraction of sp³-hybridized carbons (Fsp3) is 0.500. The van der Waals surface area contributed by atoms with E-state index in [1.807, 2.05) is 0 Å². The van der Waals surface area contributed by atoms with Crippen LogP contribution in [0.3, 0.4) is 0 Å². The molecule has 1 heterocycles. The van der Waals surface area contributed by atoms with Crippen LogP contribution < -0.4 is 0 Å². The van der Waals surface area contributed by atoms with Gasteiger partial charge in [0, 0.05) is 6.92 Å². The number of hydrogen-bond acceptors (Lipinski definition) is 4. The molecule has 66 valence electrons. The van der Waals surface area contributed by atoms with Gasteiger partial charge in [-0.3, -0.25) is 0 Å². The fourth-order valence-electron chi connectivity index (χ4n) is 0.978. The summed E-state index contributed by atoms with van der Waals surface area (Å²) in [6, 6.07) is 0. The van der Waals surface area contributed by atoms with Gasteiger partial charge in [0.05, 0.1) is 6.61 Å². The van der Waals surface area contributed by atoms with Crippen molar-refractivity contribution in [3.8, 4) is 0 Å². The molecular formula is C6H9N3O3Ti+4. The summed E-state index contributed by atoms with van der Waals surface area (Å²) in [5.74, 6) is 0.456. The molecule has 1 N–H and O–H groups in total. The Labute approximate surface area is 89.6 Å². The van der Waals surface area contributed by atoms with Gasteiger partial charge in [-0.15, -0.1) is 0 Å². The molecule has 0 aliphatic heterocycles. The van der Waals surface area contributed by atoms with Crippen molar-refractivity contribution in [3.63, 3.8) is 0 Å². The van der Waals surface area contributed by atoms with E-state index in [9.17, 15) is 10.1 Å². The number of aryl methyl sites for hydroxylation is 1. The summed E-state index contributed by atoms with van der Waals surface area (Å²) in [5.41, 5.74) is 0. The summed E-state index contributed by atoms with van der Waals surface area (Å²) in [4.78, 5) is 13.6. The van der Waals surface area contributed by atoms with Crippen LogP contribution in [0.25, 0.3) is 0 Å². The summed E-state index contributed by atoms with van der Waals surface area (Å²) in [5, 5.41) is 19.0. The zero-order valence-electron chi connectivity index (χ0n) is 7.10. The zero-order valence-corrected chi connectivity index (χ0v) is 8.66. The second-order valence-electron chi connectivity index (χ2n) is 2.30. The van der Waals surface area contributed by atoms with Crippen molar-refractivity contribution >= 4 is 5.82 Å². The van der Waals surface area contributed by atoms with Crippen molar-refractivity contribution in [3.05, 3.63) is 22.1 Å². The van der Waals surface area contributed by atoms with Gasteiger partial charge in [-0.1, -0.05) is 0 Å². The van der Waals surface area contributed by atoms with Crippen LogP contribution in [0, 0.1) is 17.0 Å². The number of imidazole rings is 1. The van der Waals surface area contributed by atoms with Crippen LogP contribution in [0.15, 0.2) is 6.20 Å². The normalized spacial score (nSPS) is 9.38. The molecule has 0 saturated carbocycles. The standard InChI is InChI=1S/C6H9N3O3.Ti/c1-5-7-4-6(9(11)12)8(5)2-3-10;/h4,10H,2-3H2,1H3;/q;+4. The van der Waals surface area contributed by atoms with Gasteiger partial charge in [-0.05, 0) is 4.92 Å². The first-order chi connectivity index (χ1) is 5.66. The molecule has 0 aromatic carbocycles. The molecule has 0 fully saturated rings. The molecule has 0 atom stereocenters. The van der Waals surface area contributed by atoms with Gasteiger partial charge >= 0.3 is 27.5 Å². The van der Waals surface area contributed by atoms with Crippen LogP contribution in [0.1, 0.15) is 5.82 Å². The Morgan fingerprint density at radius 2 is 2.38 bits per heavy atom. The Morgan fingerprint density at radius 1 is 1.77 bits per heavy atom. The molecule has 0 saturated heterocycles. The number of aromatic nitrogens is 2. The maximum atomic E-state index is 10.4. The summed E-state index contributed by atoms with van der Waals surface area (Å²) >= 11 is 0. The van der Waals surface area contributed by atoms with Crippen molar-refractivity contribution in [1.82, 2.24) is 9.55 Å². The zero-order chi connectivity index (χ0) is 9.14. The minimum atomic E-state index is -0.518. The predicted octanol–water partition coefficient (Wildman–Crippen LogP) is 0.0895. The van der Waals surface area contributed by atoms with Crippen LogP contribution in [0.2, 0.25) is 0 Å². The fourth-order valence-corrected chi connectivity index (χ4v) is 0.978. The number of nitrogens with zero attached hydrogens (tertiary/aromatic N) is 3.